The van der Waals surface area contributed by atoms with Gasteiger partial charge in [-0.15, -0.1) is 0 Å². The number of aliphatic hydroxyl groups is 1. The van der Waals surface area contributed by atoms with E-state index in [0.717, 1.165) is 6.07 Å². The number of alkyl halides is 5. The zero-order valence-electron chi connectivity index (χ0n) is 11.2. The van der Waals surface area contributed by atoms with Crippen LogP contribution in [0.5, 0.6) is 5.75 Å². The molecule has 1 aromatic carbocycles. The average molecular weight is 311 g/mol. The summed E-state index contributed by atoms with van der Waals surface area (Å²) in [5.74, 6) is -4.92. The Morgan fingerprint density at radius 2 is 1.76 bits per heavy atom. The molecule has 118 valence electrons. The number of fused-ring (bicyclic) bond motifs is 1. The maximum atomic E-state index is 13.3. The van der Waals surface area contributed by atoms with Gasteiger partial charge in [-0.1, -0.05) is 0 Å². The SMILES string of the molecule is CC1(C)Oc2ccc(C(F)(F)C(F)(F)F)cc2[C@@H](N)[C@@H]1O. The fourth-order valence-electron chi connectivity index (χ4n) is 2.21. The van der Waals surface area contributed by atoms with Crippen LogP contribution < -0.4 is 10.5 Å². The molecule has 0 spiro atoms. The molecule has 2 atom stereocenters. The molecule has 0 bridgehead atoms. The largest absolute Gasteiger partial charge is 0.485 e. The number of nitrogens with two attached hydrogens (primary N) is 1. The highest BCUT2D eigenvalue weighted by Crippen LogP contribution is 2.47. The lowest BCUT2D eigenvalue weighted by Gasteiger charge is -2.41. The van der Waals surface area contributed by atoms with Crippen molar-refractivity contribution in [3.8, 4) is 5.75 Å². The first-order chi connectivity index (χ1) is 9.38. The van der Waals surface area contributed by atoms with E-state index < -0.39 is 35.4 Å². The maximum absolute atomic E-state index is 13.3. The highest BCUT2D eigenvalue weighted by Gasteiger charge is 2.59. The van der Waals surface area contributed by atoms with Gasteiger partial charge in [-0.05, 0) is 32.0 Å². The molecule has 0 unspecified atom stereocenters. The van der Waals surface area contributed by atoms with Gasteiger partial charge in [0.1, 0.15) is 17.5 Å². The average Bonchev–Trinajstić information content (AvgIpc) is 2.34. The number of benzene rings is 1. The molecule has 0 fully saturated rings. The molecule has 0 saturated carbocycles. The first kappa shape index (κ1) is 16.0. The molecule has 1 aromatic rings. The number of halogens is 5. The highest BCUT2D eigenvalue weighted by molar-refractivity contribution is 5.44. The van der Waals surface area contributed by atoms with Crippen molar-refractivity contribution in [1.29, 1.82) is 0 Å². The molecule has 1 aliphatic rings. The summed E-state index contributed by atoms with van der Waals surface area (Å²) in [6, 6.07) is 1.17. The lowest BCUT2D eigenvalue weighted by atomic mass is 9.86. The lowest BCUT2D eigenvalue weighted by molar-refractivity contribution is -0.289. The fourth-order valence-corrected chi connectivity index (χ4v) is 2.21. The van der Waals surface area contributed by atoms with Crippen LogP contribution >= 0.6 is 0 Å². The predicted octanol–water partition coefficient (Wildman–Crippen LogP) is 2.87. The van der Waals surface area contributed by atoms with Crippen LogP contribution in [-0.4, -0.2) is 23.0 Å². The molecular weight excluding hydrogens is 297 g/mol. The van der Waals surface area contributed by atoms with Crippen LogP contribution in [0, 0.1) is 0 Å². The summed E-state index contributed by atoms with van der Waals surface area (Å²) < 4.78 is 69.2. The molecule has 0 amide bonds. The lowest BCUT2D eigenvalue weighted by Crippen LogP contribution is -2.51. The van der Waals surface area contributed by atoms with Gasteiger partial charge >= 0.3 is 12.1 Å². The third-order valence-electron chi connectivity index (χ3n) is 3.51. The minimum atomic E-state index is -5.71. The van der Waals surface area contributed by atoms with Crippen molar-refractivity contribution < 1.29 is 31.8 Å². The van der Waals surface area contributed by atoms with Gasteiger partial charge in [-0.2, -0.15) is 22.0 Å². The molecule has 3 N–H and O–H groups in total. The van der Waals surface area contributed by atoms with E-state index in [1.54, 1.807) is 13.8 Å². The minimum Gasteiger partial charge on any atom is -0.485 e. The molecule has 21 heavy (non-hydrogen) atoms. The monoisotopic (exact) mass is 311 g/mol. The van der Waals surface area contributed by atoms with Gasteiger partial charge in [0.2, 0.25) is 0 Å². The van der Waals surface area contributed by atoms with Crippen LogP contribution in [-0.2, 0) is 5.92 Å². The van der Waals surface area contributed by atoms with Crippen molar-refractivity contribution >= 4 is 0 Å². The second-order valence-corrected chi connectivity index (χ2v) is 5.50. The van der Waals surface area contributed by atoms with Crippen molar-refractivity contribution in [3.05, 3.63) is 29.3 Å². The van der Waals surface area contributed by atoms with E-state index >= 15 is 0 Å². The molecule has 8 heteroatoms. The van der Waals surface area contributed by atoms with Crippen LogP contribution in [0.15, 0.2) is 18.2 Å². The molecule has 0 saturated heterocycles. The molecule has 0 aromatic heterocycles. The Morgan fingerprint density at radius 1 is 1.19 bits per heavy atom. The molecule has 3 nitrogen and oxygen atoms in total. The smallest absolute Gasteiger partial charge is 0.458 e. The fraction of sp³-hybridized carbons (Fsp3) is 0.538. The Kier molecular flexibility index (Phi) is 3.45. The summed E-state index contributed by atoms with van der Waals surface area (Å²) in [4.78, 5) is 0. The van der Waals surface area contributed by atoms with Crippen molar-refractivity contribution in [2.24, 2.45) is 5.73 Å². The van der Waals surface area contributed by atoms with Gasteiger partial charge in [-0.25, -0.2) is 0 Å². The van der Waals surface area contributed by atoms with Crippen molar-refractivity contribution in [1.82, 2.24) is 0 Å². The van der Waals surface area contributed by atoms with E-state index in [4.69, 9.17) is 10.5 Å². The minimum absolute atomic E-state index is 0.0803. The van der Waals surface area contributed by atoms with E-state index in [9.17, 15) is 27.1 Å². The molecule has 0 radical (unpaired) electrons. The highest BCUT2D eigenvalue weighted by atomic mass is 19.4. The summed E-state index contributed by atoms with van der Waals surface area (Å²) in [6.07, 6.45) is -6.95. The Labute approximate surface area is 117 Å². The van der Waals surface area contributed by atoms with Crippen LogP contribution in [0.2, 0.25) is 0 Å². The van der Waals surface area contributed by atoms with E-state index in [2.05, 4.69) is 0 Å². The van der Waals surface area contributed by atoms with E-state index in [-0.39, 0.29) is 11.3 Å². The topological polar surface area (TPSA) is 55.5 Å². The molecule has 1 aliphatic heterocycles. The van der Waals surface area contributed by atoms with Crippen LogP contribution in [0.4, 0.5) is 22.0 Å². The van der Waals surface area contributed by atoms with E-state index in [1.165, 1.54) is 0 Å². The second-order valence-electron chi connectivity index (χ2n) is 5.50. The Bertz CT molecular complexity index is 556. The molecular formula is C13H14F5NO2. The van der Waals surface area contributed by atoms with Gasteiger partial charge in [-0.3, -0.25) is 0 Å². The third kappa shape index (κ3) is 2.46. The maximum Gasteiger partial charge on any atom is 0.458 e. The van der Waals surface area contributed by atoms with Crippen LogP contribution in [0.25, 0.3) is 0 Å². The predicted molar refractivity (Wildman–Crippen MR) is 64.0 cm³/mol. The van der Waals surface area contributed by atoms with Crippen LogP contribution in [0.3, 0.4) is 0 Å². The number of hydrogen-bond acceptors (Lipinski definition) is 3. The van der Waals surface area contributed by atoms with Crippen molar-refractivity contribution in [2.45, 2.75) is 43.7 Å². The van der Waals surface area contributed by atoms with Gasteiger partial charge in [0, 0.05) is 11.1 Å². The first-order valence-electron chi connectivity index (χ1n) is 6.09. The van der Waals surface area contributed by atoms with Gasteiger partial charge < -0.3 is 15.6 Å². The first-order valence-corrected chi connectivity index (χ1v) is 6.09. The summed E-state index contributed by atoms with van der Waals surface area (Å²) >= 11 is 0. The summed E-state index contributed by atoms with van der Waals surface area (Å²) in [6.45, 7) is 3.08. The van der Waals surface area contributed by atoms with Gasteiger partial charge in [0.15, 0.2) is 0 Å². The van der Waals surface area contributed by atoms with Gasteiger partial charge in [0.25, 0.3) is 0 Å². The summed E-state index contributed by atoms with van der Waals surface area (Å²) in [7, 11) is 0. The standard InChI is InChI=1S/C13H14F5NO2/c1-11(2)10(20)9(19)7-5-6(3-4-8(7)21-11)12(14,15)13(16,17)18/h3-5,9-10,20H,19H2,1-2H3/t9-,10+/m1/s1. The van der Waals surface area contributed by atoms with Gasteiger partial charge in [0.05, 0.1) is 6.04 Å². The zero-order valence-corrected chi connectivity index (χ0v) is 11.2. The molecule has 2 rings (SSSR count). The van der Waals surface area contributed by atoms with E-state index in [1.807, 2.05) is 0 Å². The second kappa shape index (κ2) is 4.54. The quantitative estimate of drug-likeness (QED) is 0.784. The van der Waals surface area contributed by atoms with E-state index in [0.29, 0.717) is 12.1 Å². The molecule has 1 heterocycles. The molecule has 0 aliphatic carbocycles. The Balaban J connectivity index is 2.51. The van der Waals surface area contributed by atoms with Crippen molar-refractivity contribution in [2.75, 3.05) is 0 Å². The Hall–Kier alpha value is -1.41. The van der Waals surface area contributed by atoms with Crippen molar-refractivity contribution in [3.63, 3.8) is 0 Å². The number of rotatable bonds is 1. The number of aliphatic hydroxyl groups excluding tert-OH is 1. The third-order valence-corrected chi connectivity index (χ3v) is 3.51. The summed E-state index contributed by atoms with van der Waals surface area (Å²) in [5, 5.41) is 9.95. The number of ether oxygens (including phenoxy) is 1. The Morgan fingerprint density at radius 3 is 2.29 bits per heavy atom. The number of hydrogen-bond donors (Lipinski definition) is 2. The normalized spacial score (nSPS) is 25.2. The zero-order chi connectivity index (χ0) is 16.2. The summed E-state index contributed by atoms with van der Waals surface area (Å²) in [5.41, 5.74) is 3.34. The van der Waals surface area contributed by atoms with Crippen LogP contribution in [0.1, 0.15) is 31.0 Å².